The maximum Gasteiger partial charge on any atom is 0.339 e. The van der Waals surface area contributed by atoms with E-state index in [0.29, 0.717) is 0 Å². The Hall–Kier alpha value is -3.60. The molecule has 1 saturated heterocycles. The van der Waals surface area contributed by atoms with Crippen molar-refractivity contribution in [1.29, 1.82) is 0 Å². The number of ether oxygens (including phenoxy) is 4. The third-order valence-corrected chi connectivity index (χ3v) is 5.79. The number of phenolic OH excluding ortho intramolecular Hbond substituents is 2. The molecule has 10 heteroatoms. The molecule has 2 aromatic rings. The Morgan fingerprint density at radius 3 is 2.53 bits per heavy atom. The van der Waals surface area contributed by atoms with Crippen molar-refractivity contribution in [3.63, 3.8) is 0 Å². The quantitative estimate of drug-likeness (QED) is 0.371. The van der Waals surface area contributed by atoms with Crippen LogP contribution in [0.4, 0.5) is 0 Å². The molecule has 10 nitrogen and oxygen atoms in total. The Kier molecular flexibility index (Phi) is 6.47. The summed E-state index contributed by atoms with van der Waals surface area (Å²) < 4.78 is 21.2. The molecule has 0 radical (unpaired) electrons. The summed E-state index contributed by atoms with van der Waals surface area (Å²) in [6, 6.07) is 8.52. The Balaban J connectivity index is 1.52. The maximum absolute atomic E-state index is 12.4. The molecule has 5 atom stereocenters. The molecule has 34 heavy (non-hydrogen) atoms. The number of rotatable bonds is 5. The lowest BCUT2D eigenvalue weighted by Crippen LogP contribution is -2.58. The zero-order valence-corrected chi connectivity index (χ0v) is 18.4. The van der Waals surface area contributed by atoms with E-state index in [-0.39, 0.29) is 16.9 Å². The minimum absolute atomic E-state index is 0.0718. The van der Waals surface area contributed by atoms with Gasteiger partial charge in [0.05, 0.1) is 12.7 Å². The van der Waals surface area contributed by atoms with Gasteiger partial charge < -0.3 is 39.4 Å². The van der Waals surface area contributed by atoms with Crippen LogP contribution in [0.5, 0.6) is 17.2 Å². The van der Waals surface area contributed by atoms with E-state index in [1.54, 1.807) is 6.08 Å². The van der Waals surface area contributed by atoms with Gasteiger partial charge in [0.2, 0.25) is 5.75 Å². The molecule has 0 amide bonds. The fraction of sp³-hybridized carbons (Fsp3) is 0.333. The smallest absolute Gasteiger partial charge is 0.339 e. The second-order valence-corrected chi connectivity index (χ2v) is 8.06. The number of fused-ring (bicyclic) bond motifs is 3. The van der Waals surface area contributed by atoms with Crippen LogP contribution < -0.4 is 4.74 Å². The van der Waals surface area contributed by atoms with E-state index in [4.69, 9.17) is 18.9 Å². The van der Waals surface area contributed by atoms with Gasteiger partial charge in [0.25, 0.3) is 0 Å². The van der Waals surface area contributed by atoms with Crippen molar-refractivity contribution < 1.29 is 49.0 Å². The number of carbonyl (C=O) groups is 2. The highest BCUT2D eigenvalue weighted by Gasteiger charge is 2.52. The number of aryl methyl sites for hydroxylation is 1. The summed E-state index contributed by atoms with van der Waals surface area (Å²) in [5, 5.41) is 41.7. The van der Waals surface area contributed by atoms with Crippen molar-refractivity contribution in [3.05, 3.63) is 58.7 Å². The molecule has 4 N–H and O–H groups in total. The van der Waals surface area contributed by atoms with E-state index < -0.39 is 60.6 Å². The van der Waals surface area contributed by atoms with Crippen molar-refractivity contribution in [2.75, 3.05) is 13.7 Å². The van der Waals surface area contributed by atoms with Crippen LogP contribution in [-0.4, -0.2) is 70.5 Å². The average Bonchev–Trinajstić information content (AvgIpc) is 2.81. The van der Waals surface area contributed by atoms with Gasteiger partial charge in [-0.15, -0.1) is 0 Å². The van der Waals surface area contributed by atoms with Gasteiger partial charge in [-0.1, -0.05) is 29.8 Å². The zero-order chi connectivity index (χ0) is 24.6. The molecule has 0 bridgehead atoms. The molecule has 2 aliphatic heterocycles. The molecule has 2 aromatic carbocycles. The third-order valence-electron chi connectivity index (χ3n) is 5.79. The van der Waals surface area contributed by atoms with E-state index in [1.165, 1.54) is 13.2 Å². The van der Waals surface area contributed by atoms with Gasteiger partial charge >= 0.3 is 11.9 Å². The molecule has 0 saturated carbocycles. The predicted octanol–water partition coefficient (Wildman–Crippen LogP) is 1.37. The highest BCUT2D eigenvalue weighted by molar-refractivity contribution is 5.95. The fourth-order valence-corrected chi connectivity index (χ4v) is 3.99. The van der Waals surface area contributed by atoms with Crippen molar-refractivity contribution >= 4 is 18.0 Å². The molecule has 0 spiro atoms. The Bertz CT molecular complexity index is 1120. The first-order valence-corrected chi connectivity index (χ1v) is 10.5. The number of methoxy groups -OCH3 is 1. The molecule has 2 aliphatic rings. The summed E-state index contributed by atoms with van der Waals surface area (Å²) in [4.78, 5) is 24.5. The third kappa shape index (κ3) is 4.30. The summed E-state index contributed by atoms with van der Waals surface area (Å²) in [6.45, 7) is 1.53. The second kappa shape index (κ2) is 9.34. The number of aromatic hydroxyl groups is 2. The number of hydrogen-bond donors (Lipinski definition) is 4. The van der Waals surface area contributed by atoms with Crippen molar-refractivity contribution in [1.82, 2.24) is 0 Å². The van der Waals surface area contributed by atoms with Crippen molar-refractivity contribution in [3.8, 4) is 17.2 Å². The van der Waals surface area contributed by atoms with Crippen LogP contribution >= 0.6 is 0 Å². The molecule has 0 aliphatic carbocycles. The Morgan fingerprint density at radius 1 is 1.15 bits per heavy atom. The molecule has 4 rings (SSSR count). The molecule has 1 fully saturated rings. The van der Waals surface area contributed by atoms with Crippen LogP contribution in [0.3, 0.4) is 0 Å². The first kappa shape index (κ1) is 23.6. The highest BCUT2D eigenvalue weighted by atomic mass is 16.6. The van der Waals surface area contributed by atoms with Crippen LogP contribution in [-0.2, 0) is 19.0 Å². The number of aliphatic hydroxyl groups is 2. The number of esters is 2. The zero-order valence-electron chi connectivity index (χ0n) is 18.4. The van der Waals surface area contributed by atoms with Crippen LogP contribution in [0.1, 0.15) is 33.2 Å². The van der Waals surface area contributed by atoms with Gasteiger partial charge in [-0.2, -0.15) is 0 Å². The topological polar surface area (TPSA) is 152 Å². The fourth-order valence-electron chi connectivity index (χ4n) is 3.99. The lowest BCUT2D eigenvalue weighted by Gasteiger charge is -2.44. The minimum atomic E-state index is -1.60. The van der Waals surface area contributed by atoms with Crippen LogP contribution in [0.2, 0.25) is 0 Å². The molecule has 2 heterocycles. The van der Waals surface area contributed by atoms with Crippen LogP contribution in [0.25, 0.3) is 6.08 Å². The first-order chi connectivity index (χ1) is 16.2. The van der Waals surface area contributed by atoms with Gasteiger partial charge in [-0.25, -0.2) is 9.59 Å². The largest absolute Gasteiger partial charge is 0.504 e. The van der Waals surface area contributed by atoms with Gasteiger partial charge in [0.1, 0.15) is 31.0 Å². The SMILES string of the molecule is COc1c(O)cc2c(c1O)[C@@H]1O[C@H](COC(=O)/C=C/c3ccc(C)cc3)[C@@H](O)[C@H](O)[C@H]1OC2=O. The van der Waals surface area contributed by atoms with E-state index in [0.717, 1.165) is 17.2 Å². The van der Waals surface area contributed by atoms with E-state index >= 15 is 0 Å². The van der Waals surface area contributed by atoms with Crippen molar-refractivity contribution in [2.24, 2.45) is 0 Å². The van der Waals surface area contributed by atoms with Gasteiger partial charge in [-0.05, 0) is 24.6 Å². The average molecular weight is 472 g/mol. The minimum Gasteiger partial charge on any atom is -0.504 e. The normalized spacial score (nSPS) is 25.9. The summed E-state index contributed by atoms with van der Waals surface area (Å²) in [5.74, 6) is -2.97. The number of aliphatic hydroxyl groups excluding tert-OH is 2. The summed E-state index contributed by atoms with van der Waals surface area (Å²) in [5.41, 5.74) is 1.62. The second-order valence-electron chi connectivity index (χ2n) is 8.06. The van der Waals surface area contributed by atoms with Crippen molar-refractivity contribution in [2.45, 2.75) is 37.4 Å². The Labute approximate surface area is 194 Å². The maximum atomic E-state index is 12.4. The summed E-state index contributed by atoms with van der Waals surface area (Å²) >= 11 is 0. The van der Waals surface area contributed by atoms with E-state index in [2.05, 4.69) is 0 Å². The number of benzene rings is 2. The lowest BCUT2D eigenvalue weighted by molar-refractivity contribution is -0.237. The predicted molar refractivity (Wildman–Crippen MR) is 116 cm³/mol. The number of phenols is 2. The van der Waals surface area contributed by atoms with Gasteiger partial charge in [-0.3, -0.25) is 0 Å². The summed E-state index contributed by atoms with van der Waals surface area (Å²) in [7, 11) is 1.21. The summed E-state index contributed by atoms with van der Waals surface area (Å²) in [6.07, 6.45) is -4.12. The highest BCUT2D eigenvalue weighted by Crippen LogP contribution is 2.49. The lowest BCUT2D eigenvalue weighted by atomic mass is 9.86. The standard InChI is InChI=1S/C24H24O10/c1-11-3-5-12(6-4-11)7-8-16(26)32-10-15-18(27)20(29)23-22(33-15)17-13(24(30)34-23)9-14(25)21(31-2)19(17)28/h3-9,15,18,20,22-23,25,27-29H,10H2,1-2H3/b8-7+/t15-,18-,20+,22+,23-/m1/s1. The Morgan fingerprint density at radius 2 is 1.85 bits per heavy atom. The molecule has 180 valence electrons. The van der Waals surface area contributed by atoms with Crippen LogP contribution in [0.15, 0.2) is 36.4 Å². The van der Waals surface area contributed by atoms with Crippen LogP contribution in [0, 0.1) is 6.92 Å². The molecular weight excluding hydrogens is 448 g/mol. The van der Waals surface area contributed by atoms with E-state index in [9.17, 15) is 30.0 Å². The molecular formula is C24H24O10. The molecule has 0 aromatic heterocycles. The monoisotopic (exact) mass is 472 g/mol. The number of carbonyl (C=O) groups excluding carboxylic acids is 2. The molecule has 0 unspecified atom stereocenters. The van der Waals surface area contributed by atoms with Gasteiger partial charge in [0, 0.05) is 11.6 Å². The van der Waals surface area contributed by atoms with Gasteiger partial charge in [0.15, 0.2) is 17.6 Å². The first-order valence-electron chi connectivity index (χ1n) is 10.5. The van der Waals surface area contributed by atoms with E-state index in [1.807, 2.05) is 31.2 Å². The number of hydrogen-bond acceptors (Lipinski definition) is 10.